The lowest BCUT2D eigenvalue weighted by Gasteiger charge is -2.13. The number of sulfone groups is 1. The van der Waals surface area contributed by atoms with Crippen LogP contribution < -0.4 is 5.32 Å². The van der Waals surface area contributed by atoms with E-state index in [2.05, 4.69) is 11.4 Å². The van der Waals surface area contributed by atoms with E-state index in [0.29, 0.717) is 18.5 Å². The van der Waals surface area contributed by atoms with Crippen molar-refractivity contribution in [3.05, 3.63) is 29.3 Å². The summed E-state index contributed by atoms with van der Waals surface area (Å²) in [6.45, 7) is 2.33. The minimum Gasteiger partial charge on any atom is -0.383 e. The van der Waals surface area contributed by atoms with Crippen molar-refractivity contribution >= 4 is 15.5 Å². The predicted octanol–water partition coefficient (Wildman–Crippen LogP) is 1.86. The van der Waals surface area contributed by atoms with Crippen molar-refractivity contribution in [1.29, 1.82) is 5.26 Å². The largest absolute Gasteiger partial charge is 0.383 e. The van der Waals surface area contributed by atoms with Gasteiger partial charge in [0.05, 0.1) is 22.3 Å². The van der Waals surface area contributed by atoms with Gasteiger partial charge >= 0.3 is 0 Å². The van der Waals surface area contributed by atoms with Crippen LogP contribution >= 0.6 is 0 Å². The third-order valence-electron chi connectivity index (χ3n) is 3.28. The average molecular weight is 264 g/mol. The second-order valence-corrected chi connectivity index (χ2v) is 7.07. The fourth-order valence-corrected chi connectivity index (χ4v) is 3.98. The van der Waals surface area contributed by atoms with Gasteiger partial charge in [-0.1, -0.05) is 6.07 Å². The fourth-order valence-electron chi connectivity index (χ4n) is 2.21. The molecule has 1 aliphatic rings. The Morgan fingerprint density at radius 3 is 2.89 bits per heavy atom. The van der Waals surface area contributed by atoms with E-state index >= 15 is 0 Å². The van der Waals surface area contributed by atoms with Crippen LogP contribution in [0, 0.1) is 18.3 Å². The lowest BCUT2D eigenvalue weighted by molar-refractivity contribution is 0.591. The van der Waals surface area contributed by atoms with Gasteiger partial charge in [0.15, 0.2) is 9.84 Å². The van der Waals surface area contributed by atoms with Crippen molar-refractivity contribution in [2.24, 2.45) is 0 Å². The standard InChI is InChI=1S/C13H16N2O2S/c1-10-4-5-11(8-14)13(7-10)15-9-12-3-2-6-18(12,16)17/h4-5,7,12,15H,2-3,6,9H2,1H3. The van der Waals surface area contributed by atoms with Crippen molar-refractivity contribution in [1.82, 2.24) is 0 Å². The van der Waals surface area contributed by atoms with Crippen LogP contribution in [0.15, 0.2) is 18.2 Å². The lowest BCUT2D eigenvalue weighted by atomic mass is 10.1. The number of aryl methyl sites for hydroxylation is 1. The molecule has 18 heavy (non-hydrogen) atoms. The highest BCUT2D eigenvalue weighted by atomic mass is 32.2. The number of nitrogens with zero attached hydrogens (tertiary/aromatic N) is 1. The van der Waals surface area contributed by atoms with Crippen LogP contribution in [0.5, 0.6) is 0 Å². The minimum atomic E-state index is -2.93. The van der Waals surface area contributed by atoms with E-state index in [4.69, 9.17) is 5.26 Å². The Bertz CT molecular complexity index is 587. The molecule has 1 unspecified atom stereocenters. The molecule has 96 valence electrons. The maximum Gasteiger partial charge on any atom is 0.154 e. The highest BCUT2D eigenvalue weighted by Gasteiger charge is 2.30. The number of rotatable bonds is 3. The summed E-state index contributed by atoms with van der Waals surface area (Å²) in [6, 6.07) is 7.60. The first kappa shape index (κ1) is 12.9. The van der Waals surface area contributed by atoms with E-state index in [0.717, 1.165) is 17.7 Å². The number of anilines is 1. The maximum absolute atomic E-state index is 11.7. The second kappa shape index (κ2) is 4.99. The monoisotopic (exact) mass is 264 g/mol. The van der Waals surface area contributed by atoms with Crippen molar-refractivity contribution in [2.45, 2.75) is 25.0 Å². The van der Waals surface area contributed by atoms with E-state index in [1.807, 2.05) is 19.1 Å². The van der Waals surface area contributed by atoms with Crippen LogP contribution in [-0.4, -0.2) is 26.0 Å². The molecule has 0 spiro atoms. The topological polar surface area (TPSA) is 70.0 Å². The third-order valence-corrected chi connectivity index (χ3v) is 5.55. The normalized spacial score (nSPS) is 21.4. The van der Waals surface area contributed by atoms with Crippen molar-refractivity contribution in [2.75, 3.05) is 17.6 Å². The summed E-state index contributed by atoms with van der Waals surface area (Å²) in [5, 5.41) is 11.8. The first-order valence-corrected chi connectivity index (χ1v) is 7.70. The molecule has 1 aromatic rings. The molecule has 1 aromatic carbocycles. The molecule has 5 heteroatoms. The van der Waals surface area contributed by atoms with Crippen LogP contribution in [0.25, 0.3) is 0 Å². The second-order valence-electron chi connectivity index (χ2n) is 4.67. The molecule has 1 heterocycles. The smallest absolute Gasteiger partial charge is 0.154 e. The Morgan fingerprint density at radius 1 is 1.50 bits per heavy atom. The zero-order chi connectivity index (χ0) is 13.2. The van der Waals surface area contributed by atoms with Crippen molar-refractivity contribution < 1.29 is 8.42 Å². The Kier molecular flexibility index (Phi) is 3.58. The summed E-state index contributed by atoms with van der Waals surface area (Å²) in [6.07, 6.45) is 1.46. The van der Waals surface area contributed by atoms with Gasteiger partial charge in [0.25, 0.3) is 0 Å². The Labute approximate surface area is 108 Å². The van der Waals surface area contributed by atoms with E-state index < -0.39 is 9.84 Å². The molecule has 1 saturated heterocycles. The van der Waals surface area contributed by atoms with Crippen LogP contribution in [-0.2, 0) is 9.84 Å². The zero-order valence-electron chi connectivity index (χ0n) is 10.3. The molecule has 4 nitrogen and oxygen atoms in total. The number of nitriles is 1. The summed E-state index contributed by atoms with van der Waals surface area (Å²) in [5.41, 5.74) is 2.32. The summed E-state index contributed by atoms with van der Waals surface area (Å²) >= 11 is 0. The van der Waals surface area contributed by atoms with Crippen LogP contribution in [0.3, 0.4) is 0 Å². The molecule has 2 rings (SSSR count). The maximum atomic E-state index is 11.7. The van der Waals surface area contributed by atoms with Crippen molar-refractivity contribution in [3.8, 4) is 6.07 Å². The van der Waals surface area contributed by atoms with Gasteiger partial charge in [0.1, 0.15) is 6.07 Å². The number of nitrogens with one attached hydrogen (secondary N) is 1. The Balaban J connectivity index is 2.11. The molecule has 0 aliphatic carbocycles. The van der Waals surface area contributed by atoms with Gasteiger partial charge in [-0.2, -0.15) is 5.26 Å². The zero-order valence-corrected chi connectivity index (χ0v) is 11.1. The van der Waals surface area contributed by atoms with E-state index in [1.165, 1.54) is 0 Å². The van der Waals surface area contributed by atoms with Crippen LogP contribution in [0.2, 0.25) is 0 Å². The summed E-state index contributed by atoms with van der Waals surface area (Å²) in [4.78, 5) is 0. The quantitative estimate of drug-likeness (QED) is 0.904. The first-order valence-electron chi connectivity index (χ1n) is 5.99. The number of hydrogen-bond acceptors (Lipinski definition) is 4. The molecule has 0 radical (unpaired) electrons. The highest BCUT2D eigenvalue weighted by Crippen LogP contribution is 2.22. The summed E-state index contributed by atoms with van der Waals surface area (Å²) in [7, 11) is -2.93. The fraction of sp³-hybridized carbons (Fsp3) is 0.462. The van der Waals surface area contributed by atoms with Gasteiger partial charge in [-0.3, -0.25) is 0 Å². The Hall–Kier alpha value is -1.54. The van der Waals surface area contributed by atoms with Gasteiger partial charge in [0.2, 0.25) is 0 Å². The molecule has 0 aromatic heterocycles. The Morgan fingerprint density at radius 2 is 2.28 bits per heavy atom. The molecule has 1 aliphatic heterocycles. The molecule has 1 atom stereocenters. The van der Waals surface area contributed by atoms with E-state index in [9.17, 15) is 8.42 Å². The summed E-state index contributed by atoms with van der Waals surface area (Å²) in [5.74, 6) is 0.290. The van der Waals surface area contributed by atoms with Crippen LogP contribution in [0.4, 0.5) is 5.69 Å². The average Bonchev–Trinajstić information content (AvgIpc) is 2.66. The van der Waals surface area contributed by atoms with Crippen LogP contribution in [0.1, 0.15) is 24.0 Å². The molecular weight excluding hydrogens is 248 g/mol. The third kappa shape index (κ3) is 2.65. The van der Waals surface area contributed by atoms with Gasteiger partial charge in [-0.05, 0) is 37.5 Å². The summed E-state index contributed by atoms with van der Waals surface area (Å²) < 4.78 is 23.4. The number of benzene rings is 1. The molecule has 1 fully saturated rings. The predicted molar refractivity (Wildman–Crippen MR) is 71.2 cm³/mol. The highest BCUT2D eigenvalue weighted by molar-refractivity contribution is 7.92. The molecule has 0 bridgehead atoms. The SMILES string of the molecule is Cc1ccc(C#N)c(NCC2CCCS2(=O)=O)c1. The van der Waals surface area contributed by atoms with Gasteiger partial charge in [0, 0.05) is 6.54 Å². The van der Waals surface area contributed by atoms with Gasteiger partial charge in [-0.15, -0.1) is 0 Å². The van der Waals surface area contributed by atoms with E-state index in [-0.39, 0.29) is 11.0 Å². The molecule has 1 N–H and O–H groups in total. The van der Waals surface area contributed by atoms with E-state index in [1.54, 1.807) is 6.07 Å². The van der Waals surface area contributed by atoms with Gasteiger partial charge < -0.3 is 5.32 Å². The number of hydrogen-bond donors (Lipinski definition) is 1. The molecule has 0 amide bonds. The van der Waals surface area contributed by atoms with Crippen molar-refractivity contribution in [3.63, 3.8) is 0 Å². The molecule has 0 saturated carbocycles. The van der Waals surface area contributed by atoms with Gasteiger partial charge in [-0.25, -0.2) is 8.42 Å². The minimum absolute atomic E-state index is 0.290. The lowest BCUT2D eigenvalue weighted by Crippen LogP contribution is -2.25. The molecular formula is C13H16N2O2S. The first-order chi connectivity index (χ1) is 8.53.